The topological polar surface area (TPSA) is 72.4 Å². The Morgan fingerprint density at radius 3 is 2.60 bits per heavy atom. The third-order valence-corrected chi connectivity index (χ3v) is 6.40. The Hall–Kier alpha value is -3.34. The Bertz CT molecular complexity index is 1270. The van der Waals surface area contributed by atoms with E-state index in [0.29, 0.717) is 0 Å². The van der Waals surface area contributed by atoms with Gasteiger partial charge in [0.05, 0.1) is 12.5 Å². The molecule has 1 aliphatic heterocycles. The molecule has 0 saturated heterocycles. The zero-order valence-corrected chi connectivity index (χ0v) is 17.2. The standard InChI is InChI=1S/C25H23NO4/c1-25(2,3)23-10-18-16-6-4-5-15(14-7-8-30-13-14)17(16)9-19(18)21-11-22(27)20(24(28)29)12-26(21)23/h4-8,11-13,23H,9-10H2,1-3H3,(H,28,29)/t23-/m0/s1. The number of hydrogen-bond donors (Lipinski definition) is 1. The molecular weight excluding hydrogens is 378 g/mol. The van der Waals surface area contributed by atoms with Gasteiger partial charge in [-0.3, -0.25) is 4.79 Å². The summed E-state index contributed by atoms with van der Waals surface area (Å²) in [6, 6.07) is 9.85. The predicted octanol–water partition coefficient (Wildman–Crippen LogP) is 5.26. The first-order valence-electron chi connectivity index (χ1n) is 10.1. The van der Waals surface area contributed by atoms with Crippen LogP contribution in [-0.2, 0) is 6.42 Å². The summed E-state index contributed by atoms with van der Waals surface area (Å²) in [5.74, 6) is -1.18. The van der Waals surface area contributed by atoms with Gasteiger partial charge in [-0.2, -0.15) is 0 Å². The molecule has 0 spiro atoms. The lowest BCUT2D eigenvalue weighted by atomic mass is 9.78. The first-order valence-corrected chi connectivity index (χ1v) is 10.1. The summed E-state index contributed by atoms with van der Waals surface area (Å²) in [5.41, 5.74) is 7.13. The van der Waals surface area contributed by atoms with Crippen LogP contribution in [0.3, 0.4) is 0 Å². The highest BCUT2D eigenvalue weighted by atomic mass is 16.4. The molecule has 2 aliphatic rings. The molecule has 5 rings (SSSR count). The van der Waals surface area contributed by atoms with Crippen molar-refractivity contribution in [3.05, 3.63) is 81.7 Å². The first kappa shape index (κ1) is 18.7. The van der Waals surface area contributed by atoms with E-state index in [9.17, 15) is 14.7 Å². The van der Waals surface area contributed by atoms with Crippen molar-refractivity contribution < 1.29 is 14.3 Å². The van der Waals surface area contributed by atoms with E-state index in [1.54, 1.807) is 18.7 Å². The van der Waals surface area contributed by atoms with Crippen molar-refractivity contribution in [2.75, 3.05) is 0 Å². The molecule has 30 heavy (non-hydrogen) atoms. The SMILES string of the molecule is CC(C)(C)[C@@H]1CC2=C(Cc3c2cccc3-c2ccoc2)c2cc(=O)c(C(=O)O)cn21. The summed E-state index contributed by atoms with van der Waals surface area (Å²) >= 11 is 0. The Morgan fingerprint density at radius 2 is 1.93 bits per heavy atom. The molecule has 1 N–H and O–H groups in total. The molecule has 3 aromatic rings. The maximum Gasteiger partial charge on any atom is 0.341 e. The molecule has 1 aromatic carbocycles. The number of rotatable bonds is 2. The molecule has 3 heterocycles. The van der Waals surface area contributed by atoms with Crippen molar-refractivity contribution in [2.24, 2.45) is 5.41 Å². The fraction of sp³-hybridized carbons (Fsp3) is 0.280. The van der Waals surface area contributed by atoms with Crippen molar-refractivity contribution >= 4 is 17.1 Å². The number of nitrogens with zero attached hydrogens (tertiary/aromatic N) is 1. The minimum Gasteiger partial charge on any atom is -0.477 e. The molecule has 2 aromatic heterocycles. The Kier molecular flexibility index (Phi) is 3.94. The quantitative estimate of drug-likeness (QED) is 0.635. The maximum atomic E-state index is 12.6. The lowest BCUT2D eigenvalue weighted by Gasteiger charge is -2.39. The Labute approximate surface area is 174 Å². The van der Waals surface area contributed by atoms with Crippen LogP contribution in [0.15, 0.2) is 58.3 Å². The zero-order chi connectivity index (χ0) is 21.2. The van der Waals surface area contributed by atoms with Gasteiger partial charge < -0.3 is 14.1 Å². The maximum absolute atomic E-state index is 12.6. The van der Waals surface area contributed by atoms with E-state index in [1.165, 1.54) is 22.8 Å². The number of carboxylic acids is 1. The second-order valence-corrected chi connectivity index (χ2v) is 9.21. The van der Waals surface area contributed by atoms with Crippen molar-refractivity contribution in [1.29, 1.82) is 0 Å². The van der Waals surface area contributed by atoms with Gasteiger partial charge in [0.2, 0.25) is 0 Å². The molecule has 0 amide bonds. The highest BCUT2D eigenvalue weighted by Crippen LogP contribution is 2.51. The third kappa shape index (κ3) is 2.69. The normalized spacial score (nSPS) is 17.5. The van der Waals surface area contributed by atoms with E-state index in [2.05, 4.69) is 39.0 Å². The average Bonchev–Trinajstić information content (AvgIpc) is 3.33. The number of carboxylic acid groups (broad SMARTS) is 1. The minimum absolute atomic E-state index is 0.0495. The summed E-state index contributed by atoms with van der Waals surface area (Å²) in [5, 5.41) is 9.49. The Balaban J connectivity index is 1.73. The average molecular weight is 401 g/mol. The Morgan fingerprint density at radius 1 is 1.17 bits per heavy atom. The number of aromatic carboxylic acids is 1. The zero-order valence-electron chi connectivity index (χ0n) is 17.2. The molecule has 5 heteroatoms. The van der Waals surface area contributed by atoms with E-state index in [1.807, 2.05) is 10.6 Å². The van der Waals surface area contributed by atoms with Crippen LogP contribution in [0.5, 0.6) is 0 Å². The van der Waals surface area contributed by atoms with Crippen LogP contribution in [0.25, 0.3) is 22.3 Å². The number of carbonyl (C=O) groups is 1. The molecule has 1 aliphatic carbocycles. The minimum atomic E-state index is -1.18. The van der Waals surface area contributed by atoms with Crippen LogP contribution < -0.4 is 5.43 Å². The van der Waals surface area contributed by atoms with Crippen LogP contribution in [-0.4, -0.2) is 15.6 Å². The smallest absolute Gasteiger partial charge is 0.341 e. The van der Waals surface area contributed by atoms with Gasteiger partial charge in [-0.15, -0.1) is 0 Å². The van der Waals surface area contributed by atoms with Gasteiger partial charge in [0.15, 0.2) is 5.43 Å². The van der Waals surface area contributed by atoms with Gasteiger partial charge in [0.1, 0.15) is 5.56 Å². The van der Waals surface area contributed by atoms with E-state index >= 15 is 0 Å². The first-order chi connectivity index (χ1) is 14.3. The summed E-state index contributed by atoms with van der Waals surface area (Å²) in [7, 11) is 0. The molecule has 1 atom stereocenters. The molecule has 0 unspecified atom stereocenters. The van der Waals surface area contributed by atoms with Gasteiger partial charge in [-0.25, -0.2) is 4.79 Å². The summed E-state index contributed by atoms with van der Waals surface area (Å²) in [6.07, 6.45) is 6.49. The van der Waals surface area contributed by atoms with Gasteiger partial charge in [-0.05, 0) is 45.7 Å². The van der Waals surface area contributed by atoms with Gasteiger partial charge in [0, 0.05) is 36.0 Å². The number of allylic oxidation sites excluding steroid dienone is 2. The number of hydrogen-bond acceptors (Lipinski definition) is 3. The molecule has 152 valence electrons. The van der Waals surface area contributed by atoms with Gasteiger partial charge >= 0.3 is 5.97 Å². The summed E-state index contributed by atoms with van der Waals surface area (Å²) in [6.45, 7) is 6.47. The highest BCUT2D eigenvalue weighted by molar-refractivity contribution is 6.00. The van der Waals surface area contributed by atoms with E-state index < -0.39 is 11.4 Å². The van der Waals surface area contributed by atoms with Crippen LogP contribution in [0.4, 0.5) is 0 Å². The summed E-state index contributed by atoms with van der Waals surface area (Å²) < 4.78 is 7.32. The van der Waals surface area contributed by atoms with Gasteiger partial charge in [0.25, 0.3) is 0 Å². The highest BCUT2D eigenvalue weighted by Gasteiger charge is 2.38. The van der Waals surface area contributed by atoms with Crippen molar-refractivity contribution in [2.45, 2.75) is 39.7 Å². The van der Waals surface area contributed by atoms with Crippen molar-refractivity contribution in [3.8, 4) is 11.1 Å². The fourth-order valence-electron chi connectivity index (χ4n) is 4.90. The van der Waals surface area contributed by atoms with Crippen LogP contribution in [0, 0.1) is 5.41 Å². The van der Waals surface area contributed by atoms with Crippen LogP contribution in [0.2, 0.25) is 0 Å². The largest absolute Gasteiger partial charge is 0.477 e. The summed E-state index contributed by atoms with van der Waals surface area (Å²) in [4.78, 5) is 24.2. The molecule has 0 saturated carbocycles. The number of benzene rings is 1. The lowest BCUT2D eigenvalue weighted by Crippen LogP contribution is -2.32. The van der Waals surface area contributed by atoms with Crippen LogP contribution >= 0.6 is 0 Å². The van der Waals surface area contributed by atoms with Crippen LogP contribution in [0.1, 0.15) is 60.4 Å². The monoisotopic (exact) mass is 401 g/mol. The predicted molar refractivity (Wildman–Crippen MR) is 115 cm³/mol. The molecule has 5 nitrogen and oxygen atoms in total. The van der Waals surface area contributed by atoms with E-state index in [4.69, 9.17) is 4.42 Å². The van der Waals surface area contributed by atoms with Gasteiger partial charge in [-0.1, -0.05) is 39.0 Å². The van der Waals surface area contributed by atoms with E-state index in [-0.39, 0.29) is 17.0 Å². The molecule has 0 bridgehead atoms. The van der Waals surface area contributed by atoms with E-state index in [0.717, 1.165) is 35.2 Å². The molecule has 0 fully saturated rings. The van der Waals surface area contributed by atoms with Crippen molar-refractivity contribution in [1.82, 2.24) is 4.57 Å². The molecule has 0 radical (unpaired) electrons. The second kappa shape index (κ2) is 6.33. The fourth-order valence-corrected chi connectivity index (χ4v) is 4.90. The number of aromatic nitrogens is 1. The number of pyridine rings is 1. The third-order valence-electron chi connectivity index (χ3n) is 6.40. The number of furan rings is 1. The molecular formula is C25H23NO4. The number of fused-ring (bicyclic) bond motifs is 4. The lowest BCUT2D eigenvalue weighted by molar-refractivity contribution is 0.0693. The van der Waals surface area contributed by atoms with Crippen molar-refractivity contribution in [3.63, 3.8) is 0 Å². The second-order valence-electron chi connectivity index (χ2n) is 9.21.